The summed E-state index contributed by atoms with van der Waals surface area (Å²) < 4.78 is 26.7. The predicted molar refractivity (Wildman–Crippen MR) is 82.7 cm³/mol. The highest BCUT2D eigenvalue weighted by Gasteiger charge is 2.33. The Kier molecular flexibility index (Phi) is 4.39. The monoisotopic (exact) mass is 334 g/mol. The Morgan fingerprint density at radius 1 is 1.29 bits per heavy atom. The van der Waals surface area contributed by atoms with E-state index in [0.29, 0.717) is 11.4 Å². The van der Waals surface area contributed by atoms with Gasteiger partial charge in [0.25, 0.3) is 0 Å². The van der Waals surface area contributed by atoms with Gasteiger partial charge < -0.3 is 10.4 Å². The molecular formula is C16H16F2N4O2. The van der Waals surface area contributed by atoms with Crippen molar-refractivity contribution in [1.82, 2.24) is 14.9 Å². The minimum absolute atomic E-state index is 0.0789. The molecule has 2 N–H and O–H groups in total. The lowest BCUT2D eigenvalue weighted by molar-refractivity contribution is 0.0690. The molecule has 2 aromatic rings. The first-order valence-electron chi connectivity index (χ1n) is 7.43. The number of hydrogen-bond donors (Lipinski definition) is 2. The van der Waals surface area contributed by atoms with Gasteiger partial charge in [-0.15, -0.1) is 0 Å². The van der Waals surface area contributed by atoms with Crippen LogP contribution in [0.1, 0.15) is 28.5 Å². The molecule has 1 aliphatic rings. The Labute approximate surface area is 137 Å². The van der Waals surface area contributed by atoms with Crippen LogP contribution in [0.4, 0.5) is 14.6 Å². The van der Waals surface area contributed by atoms with Crippen LogP contribution in [0.3, 0.4) is 0 Å². The summed E-state index contributed by atoms with van der Waals surface area (Å²) in [5.74, 6) is -2.46. The van der Waals surface area contributed by atoms with Gasteiger partial charge in [-0.3, -0.25) is 4.90 Å². The Morgan fingerprint density at radius 3 is 2.71 bits per heavy atom. The Balaban J connectivity index is 1.81. The van der Waals surface area contributed by atoms with E-state index in [1.807, 2.05) is 11.9 Å². The minimum Gasteiger partial charge on any atom is -0.476 e. The van der Waals surface area contributed by atoms with Gasteiger partial charge in [0.15, 0.2) is 17.3 Å². The molecule has 2 heterocycles. The molecule has 1 aliphatic heterocycles. The van der Waals surface area contributed by atoms with Crippen molar-refractivity contribution in [2.24, 2.45) is 0 Å². The normalized spacial score (nSPS) is 21.0. The number of rotatable bonds is 4. The standard InChI is InChI=1S/C16H16F2N4O2/c1-22-5-4-12(15(22)9-2-3-10(17)11(18)6-9)21-14-8-19-13(7-20-14)16(23)24/h2-3,6-8,12,15H,4-5H2,1H3,(H,20,21)(H,23,24). The van der Waals surface area contributed by atoms with Crippen molar-refractivity contribution < 1.29 is 18.7 Å². The maximum atomic E-state index is 13.5. The lowest BCUT2D eigenvalue weighted by Gasteiger charge is -2.26. The second-order valence-corrected chi connectivity index (χ2v) is 5.73. The molecule has 3 rings (SSSR count). The van der Waals surface area contributed by atoms with E-state index in [9.17, 15) is 13.6 Å². The number of aromatic carboxylic acids is 1. The predicted octanol–water partition coefficient (Wildman–Crippen LogP) is 2.31. The number of benzene rings is 1. The van der Waals surface area contributed by atoms with Crippen molar-refractivity contribution in [2.45, 2.75) is 18.5 Å². The Hall–Kier alpha value is -2.61. The molecule has 2 atom stereocenters. The molecule has 0 radical (unpaired) electrons. The molecule has 1 saturated heterocycles. The SMILES string of the molecule is CN1CCC(Nc2cnc(C(=O)O)cn2)C1c1ccc(F)c(F)c1. The van der Waals surface area contributed by atoms with Gasteiger partial charge in [-0.1, -0.05) is 6.07 Å². The average molecular weight is 334 g/mol. The van der Waals surface area contributed by atoms with Gasteiger partial charge in [-0.05, 0) is 31.2 Å². The second-order valence-electron chi connectivity index (χ2n) is 5.73. The number of carbonyl (C=O) groups is 1. The van der Waals surface area contributed by atoms with Gasteiger partial charge in [0.1, 0.15) is 5.82 Å². The Bertz CT molecular complexity index is 754. The summed E-state index contributed by atoms with van der Waals surface area (Å²) in [5, 5.41) is 12.0. The van der Waals surface area contributed by atoms with Crippen LogP contribution in [0.2, 0.25) is 0 Å². The van der Waals surface area contributed by atoms with Crippen molar-refractivity contribution in [2.75, 3.05) is 18.9 Å². The zero-order valence-corrected chi connectivity index (χ0v) is 12.9. The second kappa shape index (κ2) is 6.48. The fourth-order valence-electron chi connectivity index (χ4n) is 2.98. The first kappa shape index (κ1) is 16.3. The number of likely N-dealkylation sites (tertiary alicyclic amines) is 1. The fraction of sp³-hybridized carbons (Fsp3) is 0.312. The number of halogens is 2. The van der Waals surface area contributed by atoms with E-state index in [1.54, 1.807) is 6.07 Å². The Morgan fingerprint density at radius 2 is 2.08 bits per heavy atom. The number of carboxylic acid groups (broad SMARTS) is 1. The van der Waals surface area contributed by atoms with E-state index in [1.165, 1.54) is 18.5 Å². The highest BCUT2D eigenvalue weighted by atomic mass is 19.2. The molecule has 1 aromatic carbocycles. The zero-order valence-electron chi connectivity index (χ0n) is 12.9. The van der Waals surface area contributed by atoms with Gasteiger partial charge in [0.05, 0.1) is 18.4 Å². The van der Waals surface area contributed by atoms with Gasteiger partial charge in [-0.25, -0.2) is 23.5 Å². The molecule has 2 unspecified atom stereocenters. The van der Waals surface area contributed by atoms with Crippen LogP contribution >= 0.6 is 0 Å². The van der Waals surface area contributed by atoms with Crippen LogP contribution in [0.25, 0.3) is 0 Å². The first-order chi connectivity index (χ1) is 11.5. The summed E-state index contributed by atoms with van der Waals surface area (Å²) in [6.45, 7) is 0.780. The van der Waals surface area contributed by atoms with Crippen molar-refractivity contribution >= 4 is 11.8 Å². The quantitative estimate of drug-likeness (QED) is 0.893. The number of nitrogens with one attached hydrogen (secondary N) is 1. The van der Waals surface area contributed by atoms with Crippen molar-refractivity contribution in [1.29, 1.82) is 0 Å². The molecule has 0 bridgehead atoms. The third kappa shape index (κ3) is 3.18. The van der Waals surface area contributed by atoms with Crippen LogP contribution in [0, 0.1) is 11.6 Å². The van der Waals surface area contributed by atoms with Gasteiger partial charge in [-0.2, -0.15) is 0 Å². The third-order valence-electron chi connectivity index (χ3n) is 4.14. The number of likely N-dealkylation sites (N-methyl/N-ethyl adjacent to an activating group) is 1. The van der Waals surface area contributed by atoms with Gasteiger partial charge in [0.2, 0.25) is 0 Å². The van der Waals surface area contributed by atoms with E-state index < -0.39 is 17.6 Å². The van der Waals surface area contributed by atoms with Crippen LogP contribution in [-0.4, -0.2) is 45.6 Å². The molecule has 0 aliphatic carbocycles. The van der Waals surface area contributed by atoms with Gasteiger partial charge in [0, 0.05) is 12.6 Å². The molecule has 126 valence electrons. The summed E-state index contributed by atoms with van der Waals surface area (Å²) >= 11 is 0. The highest BCUT2D eigenvalue weighted by molar-refractivity contribution is 5.84. The summed E-state index contributed by atoms with van der Waals surface area (Å²) in [5.41, 5.74) is 0.530. The van der Waals surface area contributed by atoms with Crippen molar-refractivity contribution in [3.05, 3.63) is 53.5 Å². The molecule has 24 heavy (non-hydrogen) atoms. The smallest absolute Gasteiger partial charge is 0.356 e. The maximum Gasteiger partial charge on any atom is 0.356 e. The largest absolute Gasteiger partial charge is 0.476 e. The molecule has 8 heteroatoms. The van der Waals surface area contributed by atoms with Gasteiger partial charge >= 0.3 is 5.97 Å². The number of anilines is 1. The summed E-state index contributed by atoms with van der Waals surface area (Å²) in [4.78, 5) is 20.7. The van der Waals surface area contributed by atoms with Crippen LogP contribution < -0.4 is 5.32 Å². The molecular weight excluding hydrogens is 318 g/mol. The molecule has 0 spiro atoms. The first-order valence-corrected chi connectivity index (χ1v) is 7.43. The maximum absolute atomic E-state index is 13.5. The zero-order chi connectivity index (χ0) is 17.3. The molecule has 1 fully saturated rings. The summed E-state index contributed by atoms with van der Waals surface area (Å²) in [7, 11) is 1.91. The van der Waals surface area contributed by atoms with E-state index in [2.05, 4.69) is 15.3 Å². The van der Waals surface area contributed by atoms with Crippen LogP contribution in [0.15, 0.2) is 30.6 Å². The van der Waals surface area contributed by atoms with Crippen molar-refractivity contribution in [3.8, 4) is 0 Å². The lowest BCUT2D eigenvalue weighted by Crippen LogP contribution is -2.29. The minimum atomic E-state index is -1.14. The summed E-state index contributed by atoms with van der Waals surface area (Å²) in [6.07, 6.45) is 3.31. The number of carboxylic acids is 1. The summed E-state index contributed by atoms with van der Waals surface area (Å²) in [6, 6.07) is 3.66. The van der Waals surface area contributed by atoms with E-state index >= 15 is 0 Å². The highest BCUT2D eigenvalue weighted by Crippen LogP contribution is 2.33. The fourth-order valence-corrected chi connectivity index (χ4v) is 2.98. The van der Waals surface area contributed by atoms with Crippen LogP contribution in [-0.2, 0) is 0 Å². The molecule has 6 nitrogen and oxygen atoms in total. The van der Waals surface area contributed by atoms with Crippen molar-refractivity contribution in [3.63, 3.8) is 0 Å². The number of nitrogens with zero attached hydrogens (tertiary/aromatic N) is 3. The van der Waals surface area contributed by atoms with E-state index in [0.717, 1.165) is 19.0 Å². The molecule has 0 saturated carbocycles. The van der Waals surface area contributed by atoms with E-state index in [-0.39, 0.29) is 17.8 Å². The molecule has 0 amide bonds. The third-order valence-corrected chi connectivity index (χ3v) is 4.14. The van der Waals surface area contributed by atoms with Crippen LogP contribution in [0.5, 0.6) is 0 Å². The number of hydrogen-bond acceptors (Lipinski definition) is 5. The van der Waals surface area contributed by atoms with E-state index in [4.69, 9.17) is 5.11 Å². The average Bonchev–Trinajstić information content (AvgIpc) is 2.91. The molecule has 1 aromatic heterocycles. The topological polar surface area (TPSA) is 78.4 Å². The number of aromatic nitrogens is 2. The lowest BCUT2D eigenvalue weighted by atomic mass is 10.00.